The van der Waals surface area contributed by atoms with Crippen LogP contribution in [-0.4, -0.2) is 46.8 Å². The minimum Gasteiger partial charge on any atom is -0.468 e. The highest BCUT2D eigenvalue weighted by molar-refractivity contribution is 5.76. The van der Waals surface area contributed by atoms with E-state index >= 15 is 0 Å². The van der Waals surface area contributed by atoms with Gasteiger partial charge in [0.1, 0.15) is 6.04 Å². The van der Waals surface area contributed by atoms with Crippen LogP contribution < -0.4 is 0 Å². The van der Waals surface area contributed by atoms with Crippen LogP contribution in [0, 0.1) is 0 Å². The molecule has 4 aliphatic rings. The van der Waals surface area contributed by atoms with Gasteiger partial charge in [0.05, 0.1) is 18.5 Å². The third-order valence-corrected chi connectivity index (χ3v) is 8.67. The topological polar surface area (TPSA) is 55.3 Å². The van der Waals surface area contributed by atoms with Crippen LogP contribution in [0.15, 0.2) is 53.6 Å². The van der Waals surface area contributed by atoms with Crippen molar-refractivity contribution in [3.8, 4) is 11.3 Å². The number of esters is 1. The molecule has 0 radical (unpaired) electrons. The summed E-state index contributed by atoms with van der Waals surface area (Å²) in [5.74, 6) is 0.254. The van der Waals surface area contributed by atoms with E-state index in [0.717, 1.165) is 82.1 Å². The molecular weight excluding hydrogens is 434 g/mol. The lowest BCUT2D eigenvalue weighted by atomic mass is 9.82. The largest absolute Gasteiger partial charge is 0.468 e. The van der Waals surface area contributed by atoms with Gasteiger partial charge >= 0.3 is 5.97 Å². The number of hydrogen-bond donors (Lipinski definition) is 0. The molecule has 1 aromatic heterocycles. The van der Waals surface area contributed by atoms with Crippen molar-refractivity contribution in [3.05, 3.63) is 70.5 Å². The average Bonchev–Trinajstić information content (AvgIpc) is 3.18. The molecule has 1 fully saturated rings. The average molecular weight is 470 g/mol. The first kappa shape index (κ1) is 22.7. The zero-order valence-corrected chi connectivity index (χ0v) is 20.7. The van der Waals surface area contributed by atoms with Gasteiger partial charge in [0.2, 0.25) is 0 Å². The minimum absolute atomic E-state index is 0.0650. The van der Waals surface area contributed by atoms with Crippen LogP contribution >= 0.6 is 0 Å². The molecule has 6 rings (SSSR count). The Morgan fingerprint density at radius 3 is 2.77 bits per heavy atom. The lowest BCUT2D eigenvalue weighted by molar-refractivity contribution is -0.146. The Labute approximate surface area is 208 Å². The highest BCUT2D eigenvalue weighted by atomic mass is 16.5. The second-order valence-corrected chi connectivity index (χ2v) is 10.5. The number of aromatic nitrogens is 2. The van der Waals surface area contributed by atoms with E-state index in [4.69, 9.17) is 14.9 Å². The van der Waals surface area contributed by atoms with Gasteiger partial charge in [-0.25, -0.2) is 0 Å². The molecule has 2 heterocycles. The molecule has 0 spiro atoms. The SMILES string of the molecule is COC(=O)[C@@H]1CCCN1C1CCC2=C(CC1)C(c1cc3c(nn1)-c1ccccc1CCC3)CC=C2. The minimum atomic E-state index is -0.0657. The lowest BCUT2D eigenvalue weighted by Gasteiger charge is -2.31. The van der Waals surface area contributed by atoms with Gasteiger partial charge < -0.3 is 4.74 Å². The van der Waals surface area contributed by atoms with E-state index in [1.807, 2.05) is 0 Å². The van der Waals surface area contributed by atoms with Crippen LogP contribution in [0.2, 0.25) is 0 Å². The number of allylic oxidation sites excluding steroid dienone is 4. The Morgan fingerprint density at radius 2 is 1.86 bits per heavy atom. The maximum Gasteiger partial charge on any atom is 0.323 e. The van der Waals surface area contributed by atoms with Crippen molar-refractivity contribution in [3.63, 3.8) is 0 Å². The van der Waals surface area contributed by atoms with E-state index in [1.165, 1.54) is 29.4 Å². The number of methoxy groups -OCH3 is 1. The summed E-state index contributed by atoms with van der Waals surface area (Å²) in [7, 11) is 1.52. The summed E-state index contributed by atoms with van der Waals surface area (Å²) in [6.45, 7) is 1.01. The number of aryl methyl sites for hydroxylation is 2. The van der Waals surface area contributed by atoms with E-state index in [-0.39, 0.29) is 12.0 Å². The van der Waals surface area contributed by atoms with Crippen LogP contribution in [0.5, 0.6) is 0 Å². The molecule has 1 saturated heterocycles. The Bertz CT molecular complexity index is 1180. The first-order chi connectivity index (χ1) is 17.2. The first-order valence-corrected chi connectivity index (χ1v) is 13.4. The van der Waals surface area contributed by atoms with Crippen molar-refractivity contribution in [2.45, 2.75) is 82.2 Å². The molecule has 5 heteroatoms. The van der Waals surface area contributed by atoms with Gasteiger partial charge in [0, 0.05) is 17.5 Å². The predicted molar refractivity (Wildman–Crippen MR) is 137 cm³/mol. The van der Waals surface area contributed by atoms with Gasteiger partial charge in [-0.15, -0.1) is 5.10 Å². The van der Waals surface area contributed by atoms with Crippen molar-refractivity contribution >= 4 is 5.97 Å². The zero-order valence-electron chi connectivity index (χ0n) is 20.7. The van der Waals surface area contributed by atoms with Crippen LogP contribution in [-0.2, 0) is 22.4 Å². The molecule has 0 N–H and O–H groups in total. The molecule has 0 bridgehead atoms. The normalized spacial score (nSPS) is 26.4. The quantitative estimate of drug-likeness (QED) is 0.552. The fraction of sp³-hybridized carbons (Fsp3) is 0.500. The monoisotopic (exact) mass is 469 g/mol. The van der Waals surface area contributed by atoms with Gasteiger partial charge in [-0.05, 0) is 93.5 Å². The fourth-order valence-corrected chi connectivity index (χ4v) is 6.91. The second-order valence-electron chi connectivity index (χ2n) is 10.5. The highest BCUT2D eigenvalue weighted by Gasteiger charge is 2.37. The summed E-state index contributed by atoms with van der Waals surface area (Å²) in [4.78, 5) is 14.8. The van der Waals surface area contributed by atoms with Crippen molar-refractivity contribution in [2.24, 2.45) is 0 Å². The van der Waals surface area contributed by atoms with Crippen molar-refractivity contribution in [1.29, 1.82) is 0 Å². The molecule has 0 saturated carbocycles. The molecule has 2 unspecified atom stereocenters. The third-order valence-electron chi connectivity index (χ3n) is 8.67. The summed E-state index contributed by atoms with van der Waals surface area (Å²) < 4.78 is 5.11. The molecule has 182 valence electrons. The van der Waals surface area contributed by atoms with Crippen molar-refractivity contribution in [2.75, 3.05) is 13.7 Å². The maximum atomic E-state index is 12.4. The van der Waals surface area contributed by atoms with Crippen LogP contribution in [0.25, 0.3) is 11.3 Å². The van der Waals surface area contributed by atoms with Crippen LogP contribution in [0.4, 0.5) is 0 Å². The summed E-state index contributed by atoms with van der Waals surface area (Å²) in [6, 6.07) is 11.4. The second kappa shape index (κ2) is 9.69. The van der Waals surface area contributed by atoms with Gasteiger partial charge in [0.25, 0.3) is 0 Å². The smallest absolute Gasteiger partial charge is 0.323 e. The summed E-state index contributed by atoms with van der Waals surface area (Å²) in [5.41, 5.74) is 9.23. The molecule has 0 amide bonds. The van der Waals surface area contributed by atoms with Gasteiger partial charge in [-0.3, -0.25) is 9.69 Å². The van der Waals surface area contributed by atoms with Crippen molar-refractivity contribution in [1.82, 2.24) is 15.1 Å². The van der Waals surface area contributed by atoms with Crippen molar-refractivity contribution < 1.29 is 9.53 Å². The Hall–Kier alpha value is -2.79. The molecule has 3 aliphatic carbocycles. The van der Waals surface area contributed by atoms with Crippen LogP contribution in [0.3, 0.4) is 0 Å². The molecule has 5 nitrogen and oxygen atoms in total. The molecule has 1 aliphatic heterocycles. The number of hydrogen-bond acceptors (Lipinski definition) is 5. The Balaban J connectivity index is 1.25. The van der Waals surface area contributed by atoms with Gasteiger partial charge in [-0.2, -0.15) is 5.10 Å². The lowest BCUT2D eigenvalue weighted by Crippen LogP contribution is -2.43. The van der Waals surface area contributed by atoms with Gasteiger partial charge in [0.15, 0.2) is 0 Å². The van der Waals surface area contributed by atoms with E-state index in [9.17, 15) is 4.79 Å². The number of fused-ring (bicyclic) bond motifs is 3. The number of likely N-dealkylation sites (tertiary alicyclic amines) is 1. The Kier molecular flexibility index (Phi) is 6.28. The summed E-state index contributed by atoms with van der Waals surface area (Å²) >= 11 is 0. The first-order valence-electron chi connectivity index (χ1n) is 13.4. The van der Waals surface area contributed by atoms with Gasteiger partial charge in [-0.1, -0.05) is 42.0 Å². The number of benzene rings is 1. The number of rotatable bonds is 3. The van der Waals surface area contributed by atoms with Crippen LogP contribution in [0.1, 0.15) is 74.1 Å². The predicted octanol–water partition coefficient (Wildman–Crippen LogP) is 5.55. The standard InChI is InChI=1S/C30H35N3O2/c1-35-30(34)28-13-6-18-33(28)23-15-14-21-9-5-12-26(24(21)17-16-23)27-19-22-10-4-8-20-7-2-3-11-25(20)29(22)32-31-27/h2-3,5,7,9,11,19,23,26,28H,4,6,8,10,12-18H2,1H3/t23?,26?,28-/m0/s1. The summed E-state index contributed by atoms with van der Waals surface area (Å²) in [5, 5.41) is 9.65. The van der Waals surface area contributed by atoms with E-state index in [1.54, 1.807) is 5.57 Å². The fourth-order valence-electron chi connectivity index (χ4n) is 6.91. The third kappa shape index (κ3) is 4.24. The summed E-state index contributed by atoms with van der Waals surface area (Å²) in [6.07, 6.45) is 15.4. The molecule has 2 aromatic rings. The molecular formula is C30H35N3O2. The molecule has 1 aromatic carbocycles. The number of carbonyl (C=O) groups excluding carboxylic acids is 1. The van der Waals surface area contributed by atoms with E-state index < -0.39 is 0 Å². The maximum absolute atomic E-state index is 12.4. The van der Waals surface area contributed by atoms with E-state index in [0.29, 0.717) is 12.0 Å². The zero-order chi connectivity index (χ0) is 23.8. The highest BCUT2D eigenvalue weighted by Crippen LogP contribution is 2.42. The van der Waals surface area contributed by atoms with E-state index in [2.05, 4.69) is 47.4 Å². The molecule has 3 atom stereocenters. The number of carbonyl (C=O) groups is 1. The number of nitrogens with zero attached hydrogens (tertiary/aromatic N) is 3. The molecule has 35 heavy (non-hydrogen) atoms. The number of ether oxygens (including phenoxy) is 1. The Morgan fingerprint density at radius 1 is 1.00 bits per heavy atom.